The van der Waals surface area contributed by atoms with Crippen molar-refractivity contribution in [2.24, 2.45) is 11.8 Å². The lowest BCUT2D eigenvalue weighted by Crippen LogP contribution is -2.46. The lowest BCUT2D eigenvalue weighted by Gasteiger charge is -2.27. The van der Waals surface area contributed by atoms with Crippen LogP contribution in [0.3, 0.4) is 0 Å². The third-order valence-electron chi connectivity index (χ3n) is 3.35. The predicted molar refractivity (Wildman–Crippen MR) is 73.5 cm³/mol. The summed E-state index contributed by atoms with van der Waals surface area (Å²) in [6.45, 7) is 6.92. The fourth-order valence-corrected chi connectivity index (χ4v) is 2.33. The first-order valence-electron chi connectivity index (χ1n) is 7.03. The molecule has 1 saturated heterocycles. The van der Waals surface area contributed by atoms with Gasteiger partial charge in [-0.1, -0.05) is 13.8 Å². The molecule has 1 rings (SSSR count). The Kier molecular flexibility index (Phi) is 6.65. The summed E-state index contributed by atoms with van der Waals surface area (Å²) >= 11 is 0. The summed E-state index contributed by atoms with van der Waals surface area (Å²) in [5, 5.41) is 3.43. The minimum Gasteiger partial charge on any atom is -0.381 e. The molecular formula is C14H28N2O2. The van der Waals surface area contributed by atoms with Crippen molar-refractivity contribution in [2.45, 2.75) is 39.2 Å². The molecule has 0 bridgehead atoms. The molecule has 0 aromatic rings. The molecule has 0 aromatic carbocycles. The maximum absolute atomic E-state index is 12.1. The third-order valence-corrected chi connectivity index (χ3v) is 3.35. The van der Waals surface area contributed by atoms with E-state index in [0.29, 0.717) is 11.8 Å². The molecule has 1 aliphatic rings. The van der Waals surface area contributed by atoms with E-state index in [9.17, 15) is 4.79 Å². The standard InChI is InChI=1S/C14H28N2O2/c1-11(2)8-13(14(17)16(3)4)15-9-12-6-5-7-18-10-12/h11-13,15H,5-10H2,1-4H3. The highest BCUT2D eigenvalue weighted by molar-refractivity contribution is 5.81. The van der Waals surface area contributed by atoms with Crippen LogP contribution in [-0.2, 0) is 9.53 Å². The molecule has 1 amide bonds. The van der Waals surface area contributed by atoms with Gasteiger partial charge in [-0.2, -0.15) is 0 Å². The zero-order chi connectivity index (χ0) is 13.5. The van der Waals surface area contributed by atoms with Crippen LogP contribution in [-0.4, -0.2) is 50.7 Å². The molecule has 2 unspecified atom stereocenters. The van der Waals surface area contributed by atoms with Gasteiger partial charge in [-0.15, -0.1) is 0 Å². The number of ether oxygens (including phenoxy) is 1. The maximum Gasteiger partial charge on any atom is 0.239 e. The fourth-order valence-electron chi connectivity index (χ4n) is 2.33. The second kappa shape index (κ2) is 7.74. The number of nitrogens with zero attached hydrogens (tertiary/aromatic N) is 1. The van der Waals surface area contributed by atoms with E-state index < -0.39 is 0 Å². The molecule has 4 heteroatoms. The van der Waals surface area contributed by atoms with E-state index in [-0.39, 0.29) is 11.9 Å². The summed E-state index contributed by atoms with van der Waals surface area (Å²) in [7, 11) is 3.64. The van der Waals surface area contributed by atoms with Gasteiger partial charge < -0.3 is 15.0 Å². The molecule has 18 heavy (non-hydrogen) atoms. The van der Waals surface area contributed by atoms with Crippen molar-refractivity contribution in [3.05, 3.63) is 0 Å². The smallest absolute Gasteiger partial charge is 0.239 e. The molecule has 106 valence electrons. The van der Waals surface area contributed by atoms with Crippen LogP contribution in [0.25, 0.3) is 0 Å². The Morgan fingerprint density at radius 1 is 1.44 bits per heavy atom. The van der Waals surface area contributed by atoms with Gasteiger partial charge in [-0.25, -0.2) is 0 Å². The van der Waals surface area contributed by atoms with Crippen LogP contribution in [0.1, 0.15) is 33.1 Å². The Labute approximate surface area is 111 Å². The number of amides is 1. The zero-order valence-corrected chi connectivity index (χ0v) is 12.2. The molecule has 4 nitrogen and oxygen atoms in total. The normalized spacial score (nSPS) is 21.9. The van der Waals surface area contributed by atoms with Crippen molar-refractivity contribution in [2.75, 3.05) is 33.9 Å². The Balaban J connectivity index is 2.42. The van der Waals surface area contributed by atoms with Crippen molar-refractivity contribution in [1.29, 1.82) is 0 Å². The Morgan fingerprint density at radius 2 is 2.17 bits per heavy atom. The van der Waals surface area contributed by atoms with Crippen LogP contribution in [0.2, 0.25) is 0 Å². The van der Waals surface area contributed by atoms with E-state index in [1.165, 1.54) is 6.42 Å². The summed E-state index contributed by atoms with van der Waals surface area (Å²) in [5.41, 5.74) is 0. The van der Waals surface area contributed by atoms with E-state index in [0.717, 1.165) is 32.6 Å². The van der Waals surface area contributed by atoms with Gasteiger partial charge in [0.25, 0.3) is 0 Å². The SMILES string of the molecule is CC(C)CC(NCC1CCCOC1)C(=O)N(C)C. The van der Waals surface area contributed by atoms with Gasteiger partial charge in [0.05, 0.1) is 12.6 Å². The van der Waals surface area contributed by atoms with Gasteiger partial charge in [0.2, 0.25) is 5.91 Å². The number of nitrogens with one attached hydrogen (secondary N) is 1. The van der Waals surface area contributed by atoms with E-state index in [1.807, 2.05) is 14.1 Å². The second-order valence-corrected chi connectivity index (χ2v) is 5.91. The molecule has 1 heterocycles. The van der Waals surface area contributed by atoms with Crippen LogP contribution in [0.5, 0.6) is 0 Å². The number of carbonyl (C=O) groups is 1. The third kappa shape index (κ3) is 5.36. The Morgan fingerprint density at radius 3 is 2.67 bits per heavy atom. The van der Waals surface area contributed by atoms with E-state index in [1.54, 1.807) is 4.90 Å². The van der Waals surface area contributed by atoms with Crippen molar-refractivity contribution in [3.8, 4) is 0 Å². The van der Waals surface area contributed by atoms with Gasteiger partial charge in [0, 0.05) is 27.2 Å². The van der Waals surface area contributed by atoms with Gasteiger partial charge >= 0.3 is 0 Å². The monoisotopic (exact) mass is 256 g/mol. The van der Waals surface area contributed by atoms with Gasteiger partial charge in [-0.3, -0.25) is 4.79 Å². The van der Waals surface area contributed by atoms with Gasteiger partial charge in [0.1, 0.15) is 0 Å². The first-order valence-corrected chi connectivity index (χ1v) is 7.03. The number of likely N-dealkylation sites (N-methyl/N-ethyl adjacent to an activating group) is 1. The molecule has 0 saturated carbocycles. The van der Waals surface area contributed by atoms with E-state index in [4.69, 9.17) is 4.74 Å². The molecule has 1 N–H and O–H groups in total. The van der Waals surface area contributed by atoms with Crippen molar-refractivity contribution in [1.82, 2.24) is 10.2 Å². The first-order chi connectivity index (χ1) is 8.50. The molecule has 0 aliphatic carbocycles. The number of hydrogen-bond acceptors (Lipinski definition) is 3. The molecule has 0 radical (unpaired) electrons. The number of rotatable bonds is 6. The minimum absolute atomic E-state index is 0.0538. The lowest BCUT2D eigenvalue weighted by atomic mass is 9.99. The molecule has 0 aromatic heterocycles. The number of hydrogen-bond donors (Lipinski definition) is 1. The van der Waals surface area contributed by atoms with E-state index >= 15 is 0 Å². The molecular weight excluding hydrogens is 228 g/mol. The fraction of sp³-hybridized carbons (Fsp3) is 0.929. The highest BCUT2D eigenvalue weighted by atomic mass is 16.5. The summed E-state index contributed by atoms with van der Waals surface area (Å²) in [4.78, 5) is 13.8. The molecule has 2 atom stereocenters. The average molecular weight is 256 g/mol. The summed E-state index contributed by atoms with van der Waals surface area (Å²) in [6, 6.07) is -0.0538. The van der Waals surface area contributed by atoms with Crippen LogP contribution in [0, 0.1) is 11.8 Å². The topological polar surface area (TPSA) is 41.6 Å². The molecule has 1 aliphatic heterocycles. The van der Waals surface area contributed by atoms with Gasteiger partial charge in [-0.05, 0) is 31.1 Å². The summed E-state index contributed by atoms with van der Waals surface area (Å²) < 4.78 is 5.47. The largest absolute Gasteiger partial charge is 0.381 e. The highest BCUT2D eigenvalue weighted by Gasteiger charge is 2.23. The van der Waals surface area contributed by atoms with Crippen LogP contribution < -0.4 is 5.32 Å². The van der Waals surface area contributed by atoms with Crippen molar-refractivity contribution in [3.63, 3.8) is 0 Å². The first kappa shape index (κ1) is 15.4. The van der Waals surface area contributed by atoms with Crippen LogP contribution in [0.4, 0.5) is 0 Å². The Bertz CT molecular complexity index is 248. The van der Waals surface area contributed by atoms with E-state index in [2.05, 4.69) is 19.2 Å². The van der Waals surface area contributed by atoms with Crippen LogP contribution >= 0.6 is 0 Å². The minimum atomic E-state index is -0.0538. The van der Waals surface area contributed by atoms with Crippen LogP contribution in [0.15, 0.2) is 0 Å². The summed E-state index contributed by atoms with van der Waals surface area (Å²) in [5.74, 6) is 1.26. The molecule has 0 spiro atoms. The van der Waals surface area contributed by atoms with Gasteiger partial charge in [0.15, 0.2) is 0 Å². The highest BCUT2D eigenvalue weighted by Crippen LogP contribution is 2.14. The Hall–Kier alpha value is -0.610. The maximum atomic E-state index is 12.1. The number of carbonyl (C=O) groups excluding carboxylic acids is 1. The predicted octanol–water partition coefficient (Wildman–Crippen LogP) is 1.51. The zero-order valence-electron chi connectivity index (χ0n) is 12.2. The van der Waals surface area contributed by atoms with Crippen molar-refractivity contribution < 1.29 is 9.53 Å². The quantitative estimate of drug-likeness (QED) is 0.783. The summed E-state index contributed by atoms with van der Waals surface area (Å²) in [6.07, 6.45) is 3.24. The lowest BCUT2D eigenvalue weighted by molar-refractivity contribution is -0.131. The molecule has 1 fully saturated rings. The second-order valence-electron chi connectivity index (χ2n) is 5.91. The van der Waals surface area contributed by atoms with Crippen molar-refractivity contribution >= 4 is 5.91 Å². The average Bonchev–Trinajstić information content (AvgIpc) is 2.34.